The molecule has 1 atom stereocenters. The van der Waals surface area contributed by atoms with Gasteiger partial charge < -0.3 is 14.4 Å². The van der Waals surface area contributed by atoms with E-state index < -0.39 is 0 Å². The number of nitrogens with zero attached hydrogens (tertiary/aromatic N) is 2. The van der Waals surface area contributed by atoms with Gasteiger partial charge in [0.1, 0.15) is 11.5 Å². The molecule has 1 aliphatic rings. The van der Waals surface area contributed by atoms with Crippen molar-refractivity contribution in [2.45, 2.75) is 52.1 Å². The second-order valence-electron chi connectivity index (χ2n) is 6.67. The predicted octanol–water partition coefficient (Wildman–Crippen LogP) is 4.24. The molecule has 1 aromatic carbocycles. The number of rotatable bonds is 6. The van der Waals surface area contributed by atoms with Gasteiger partial charge in [-0.3, -0.25) is 4.90 Å². The van der Waals surface area contributed by atoms with Gasteiger partial charge in [0, 0.05) is 18.5 Å². The van der Waals surface area contributed by atoms with Gasteiger partial charge in [0.2, 0.25) is 0 Å². The molecule has 2 heterocycles. The summed E-state index contributed by atoms with van der Waals surface area (Å²) in [5.41, 5.74) is 2.16. The zero-order valence-electron chi connectivity index (χ0n) is 14.7. The molecule has 2 aromatic rings. The van der Waals surface area contributed by atoms with Crippen molar-refractivity contribution in [2.75, 3.05) is 13.2 Å². The van der Waals surface area contributed by atoms with Crippen molar-refractivity contribution in [3.63, 3.8) is 0 Å². The van der Waals surface area contributed by atoms with Crippen molar-refractivity contribution in [1.82, 2.24) is 10.1 Å². The zero-order chi connectivity index (χ0) is 17.1. The van der Waals surface area contributed by atoms with Crippen LogP contribution in [0.15, 0.2) is 28.8 Å². The Morgan fingerprint density at radius 3 is 2.92 bits per heavy atom. The van der Waals surface area contributed by atoms with Crippen LogP contribution in [0.25, 0.3) is 0 Å². The Kier molecular flexibility index (Phi) is 5.09. The lowest BCUT2D eigenvalue weighted by Crippen LogP contribution is -2.23. The highest BCUT2D eigenvalue weighted by atomic mass is 16.5. The highest BCUT2D eigenvalue weighted by molar-refractivity contribution is 5.41. The monoisotopic (exact) mass is 330 g/mol. The average molecular weight is 330 g/mol. The van der Waals surface area contributed by atoms with Crippen LogP contribution in [-0.4, -0.2) is 28.3 Å². The van der Waals surface area contributed by atoms with Crippen LogP contribution in [-0.2, 0) is 6.54 Å². The minimum absolute atomic E-state index is 0.191. The van der Waals surface area contributed by atoms with Gasteiger partial charge >= 0.3 is 0 Å². The van der Waals surface area contributed by atoms with E-state index in [1.165, 1.54) is 0 Å². The van der Waals surface area contributed by atoms with Crippen LogP contribution < -0.4 is 4.74 Å². The molecule has 0 spiro atoms. The molecule has 1 aliphatic heterocycles. The first-order valence-electron chi connectivity index (χ1n) is 8.73. The number of likely N-dealkylation sites (tertiary alicyclic amines) is 1. The second-order valence-corrected chi connectivity index (χ2v) is 6.67. The minimum atomic E-state index is 0.191. The average Bonchev–Trinajstić information content (AvgIpc) is 3.19. The summed E-state index contributed by atoms with van der Waals surface area (Å²) >= 11 is 0. The first kappa shape index (κ1) is 16.8. The van der Waals surface area contributed by atoms with E-state index in [1.807, 2.05) is 19.1 Å². The van der Waals surface area contributed by atoms with E-state index >= 15 is 0 Å². The second kappa shape index (κ2) is 7.26. The quantitative estimate of drug-likeness (QED) is 0.858. The molecular formula is C19H26N2O3. The smallest absolute Gasteiger partial charge is 0.161 e. The number of aromatic hydroxyl groups is 1. The summed E-state index contributed by atoms with van der Waals surface area (Å²) in [6.07, 6.45) is 2.26. The number of phenols is 1. The van der Waals surface area contributed by atoms with E-state index in [0.717, 1.165) is 42.9 Å². The van der Waals surface area contributed by atoms with Crippen LogP contribution in [0.2, 0.25) is 0 Å². The van der Waals surface area contributed by atoms with Crippen molar-refractivity contribution in [1.29, 1.82) is 0 Å². The van der Waals surface area contributed by atoms with Crippen molar-refractivity contribution in [2.24, 2.45) is 0 Å². The van der Waals surface area contributed by atoms with Crippen LogP contribution in [0.4, 0.5) is 0 Å². The van der Waals surface area contributed by atoms with Crippen LogP contribution >= 0.6 is 0 Å². The maximum absolute atomic E-state index is 9.85. The van der Waals surface area contributed by atoms with Crippen LogP contribution in [0.3, 0.4) is 0 Å². The van der Waals surface area contributed by atoms with Crippen LogP contribution in [0.1, 0.15) is 62.6 Å². The predicted molar refractivity (Wildman–Crippen MR) is 92.3 cm³/mol. The molecule has 1 N–H and O–H groups in total. The van der Waals surface area contributed by atoms with Crippen LogP contribution in [0, 0.1) is 0 Å². The Morgan fingerprint density at radius 2 is 2.21 bits per heavy atom. The molecule has 5 nitrogen and oxygen atoms in total. The molecule has 0 radical (unpaired) electrons. The topological polar surface area (TPSA) is 58.7 Å². The van der Waals surface area contributed by atoms with E-state index in [2.05, 4.69) is 30.0 Å². The molecule has 0 saturated carbocycles. The number of hydrogen-bond donors (Lipinski definition) is 1. The Labute approximate surface area is 143 Å². The summed E-state index contributed by atoms with van der Waals surface area (Å²) in [5, 5.41) is 14.1. The third-order valence-electron chi connectivity index (χ3n) is 4.53. The fourth-order valence-corrected chi connectivity index (χ4v) is 3.25. The summed E-state index contributed by atoms with van der Waals surface area (Å²) in [5.74, 6) is 2.04. The zero-order valence-corrected chi connectivity index (χ0v) is 14.7. The molecule has 0 amide bonds. The Hall–Kier alpha value is -2.01. The first-order chi connectivity index (χ1) is 11.6. The first-order valence-corrected chi connectivity index (χ1v) is 8.73. The Balaban J connectivity index is 1.75. The summed E-state index contributed by atoms with van der Waals surface area (Å²) in [4.78, 5) is 2.42. The summed E-state index contributed by atoms with van der Waals surface area (Å²) < 4.78 is 11.0. The van der Waals surface area contributed by atoms with Gasteiger partial charge in [0.05, 0.1) is 12.6 Å². The van der Waals surface area contributed by atoms with Gasteiger partial charge in [-0.25, -0.2) is 0 Å². The number of hydrogen-bond acceptors (Lipinski definition) is 5. The third-order valence-corrected chi connectivity index (χ3v) is 4.53. The van der Waals surface area contributed by atoms with E-state index in [0.29, 0.717) is 24.3 Å². The van der Waals surface area contributed by atoms with Gasteiger partial charge in [-0.1, -0.05) is 25.1 Å². The lowest BCUT2D eigenvalue weighted by Gasteiger charge is -2.23. The molecule has 0 aliphatic carbocycles. The summed E-state index contributed by atoms with van der Waals surface area (Å²) in [6.45, 7) is 8.54. The van der Waals surface area contributed by atoms with Gasteiger partial charge in [-0.05, 0) is 44.0 Å². The molecule has 1 saturated heterocycles. The number of ether oxygens (including phenoxy) is 1. The molecule has 24 heavy (non-hydrogen) atoms. The lowest BCUT2D eigenvalue weighted by atomic mass is 10.1. The number of aromatic nitrogens is 1. The van der Waals surface area contributed by atoms with E-state index in [1.54, 1.807) is 6.07 Å². The van der Waals surface area contributed by atoms with Gasteiger partial charge in [-0.2, -0.15) is 0 Å². The highest BCUT2D eigenvalue weighted by Crippen LogP contribution is 2.35. The van der Waals surface area contributed by atoms with Crippen LogP contribution in [0.5, 0.6) is 11.5 Å². The molecule has 1 aromatic heterocycles. The Morgan fingerprint density at radius 1 is 1.38 bits per heavy atom. The van der Waals surface area contributed by atoms with Crippen molar-refractivity contribution < 1.29 is 14.4 Å². The molecular weight excluding hydrogens is 304 g/mol. The summed E-state index contributed by atoms with van der Waals surface area (Å²) in [6, 6.07) is 7.98. The summed E-state index contributed by atoms with van der Waals surface area (Å²) in [7, 11) is 0. The fourth-order valence-electron chi connectivity index (χ4n) is 3.25. The molecule has 0 unspecified atom stereocenters. The molecule has 1 fully saturated rings. The van der Waals surface area contributed by atoms with Crippen molar-refractivity contribution in [3.05, 3.63) is 41.3 Å². The minimum Gasteiger partial charge on any atom is -0.504 e. The maximum atomic E-state index is 9.85. The fraction of sp³-hybridized carbons (Fsp3) is 0.526. The van der Waals surface area contributed by atoms with E-state index in [4.69, 9.17) is 9.26 Å². The van der Waals surface area contributed by atoms with Crippen molar-refractivity contribution in [3.8, 4) is 11.5 Å². The number of benzene rings is 1. The molecule has 3 rings (SSSR count). The van der Waals surface area contributed by atoms with Gasteiger partial charge in [0.15, 0.2) is 11.5 Å². The largest absolute Gasteiger partial charge is 0.504 e. The van der Waals surface area contributed by atoms with Gasteiger partial charge in [0.25, 0.3) is 0 Å². The van der Waals surface area contributed by atoms with E-state index in [-0.39, 0.29) is 5.75 Å². The normalized spacial score (nSPS) is 18.4. The van der Waals surface area contributed by atoms with Gasteiger partial charge in [-0.15, -0.1) is 0 Å². The standard InChI is InChI=1S/C19H26N2O3/c1-4-23-19-10-14(7-8-17(19)22)12-21-9-5-6-16(21)15-11-18(13(2)3)24-20-15/h7-8,10-11,13,16,22H,4-6,9,12H2,1-3H3/t16-/m1/s1. The molecule has 5 heteroatoms. The van der Waals surface area contributed by atoms with Crippen molar-refractivity contribution >= 4 is 0 Å². The molecule has 130 valence electrons. The lowest BCUT2D eigenvalue weighted by molar-refractivity contribution is 0.235. The Bertz CT molecular complexity index is 681. The highest BCUT2D eigenvalue weighted by Gasteiger charge is 2.29. The number of phenolic OH excluding ortho intramolecular Hbond substituents is 1. The molecule has 0 bridgehead atoms. The SMILES string of the molecule is CCOc1cc(CN2CCC[C@@H]2c2cc(C(C)C)on2)ccc1O. The van der Waals surface area contributed by atoms with E-state index in [9.17, 15) is 5.11 Å². The maximum Gasteiger partial charge on any atom is 0.161 e. The third kappa shape index (κ3) is 3.56.